The maximum Gasteiger partial charge on any atom is 0.387 e. The molecule has 0 spiro atoms. The van der Waals surface area contributed by atoms with E-state index in [0.717, 1.165) is 38.1 Å². The van der Waals surface area contributed by atoms with Crippen molar-refractivity contribution in [3.05, 3.63) is 35.4 Å². The summed E-state index contributed by atoms with van der Waals surface area (Å²) in [5.74, 6) is 1.57. The molecule has 8 heteroatoms. The quantitative estimate of drug-likeness (QED) is 0.713. The van der Waals surface area contributed by atoms with Gasteiger partial charge in [0.15, 0.2) is 17.3 Å². The fourth-order valence-electron chi connectivity index (χ4n) is 3.07. The van der Waals surface area contributed by atoms with Gasteiger partial charge in [-0.25, -0.2) is 0 Å². The molecule has 6 nitrogen and oxygen atoms in total. The Morgan fingerprint density at radius 2 is 2.15 bits per heavy atom. The number of ether oxygens (including phenoxy) is 2. The number of aromatic nitrogens is 3. The molecule has 2 aromatic rings. The zero-order valence-corrected chi connectivity index (χ0v) is 15.0. The highest BCUT2D eigenvalue weighted by molar-refractivity contribution is 5.87. The number of benzene rings is 1. The monoisotopic (exact) mass is 374 g/mol. The van der Waals surface area contributed by atoms with Crippen molar-refractivity contribution in [1.29, 1.82) is 5.26 Å². The number of allylic oxidation sites excluding steroid dienone is 1. The Balaban J connectivity index is 1.95. The number of nitrogens with zero attached hydrogens (tertiary/aromatic N) is 4. The van der Waals surface area contributed by atoms with Gasteiger partial charge in [0.05, 0.1) is 12.2 Å². The summed E-state index contributed by atoms with van der Waals surface area (Å²) in [6, 6.07) is 6.73. The molecule has 0 amide bonds. The van der Waals surface area contributed by atoms with E-state index >= 15 is 0 Å². The highest BCUT2D eigenvalue weighted by Gasteiger charge is 2.18. The molecule has 1 aliphatic rings. The Morgan fingerprint density at radius 1 is 1.30 bits per heavy atom. The molecule has 0 N–H and O–H groups in total. The molecule has 0 unspecified atom stereocenters. The van der Waals surface area contributed by atoms with Gasteiger partial charge in [0.2, 0.25) is 0 Å². The molecule has 0 radical (unpaired) electrons. The van der Waals surface area contributed by atoms with Gasteiger partial charge in [0.1, 0.15) is 11.9 Å². The Bertz CT molecular complexity index is 871. The maximum atomic E-state index is 12.5. The van der Waals surface area contributed by atoms with Crippen molar-refractivity contribution in [2.24, 2.45) is 0 Å². The molecule has 1 aliphatic heterocycles. The lowest BCUT2D eigenvalue weighted by molar-refractivity contribution is -0.0514. The molecule has 0 saturated carbocycles. The van der Waals surface area contributed by atoms with Crippen LogP contribution < -0.4 is 9.47 Å². The second-order valence-corrected chi connectivity index (χ2v) is 6.09. The number of hydrogen-bond donors (Lipinski definition) is 0. The van der Waals surface area contributed by atoms with Gasteiger partial charge in [0, 0.05) is 13.0 Å². The molecule has 0 fully saturated rings. The molecule has 1 aromatic heterocycles. The minimum absolute atomic E-state index is 0.0427. The van der Waals surface area contributed by atoms with Gasteiger partial charge in [-0.15, -0.1) is 10.2 Å². The molecule has 1 aromatic carbocycles. The van der Waals surface area contributed by atoms with Crippen LogP contribution in [0.15, 0.2) is 18.2 Å². The lowest BCUT2D eigenvalue weighted by Gasteiger charge is -2.12. The Kier molecular flexibility index (Phi) is 6.01. The fourth-order valence-corrected chi connectivity index (χ4v) is 3.07. The average Bonchev–Trinajstić information content (AvgIpc) is 2.89. The van der Waals surface area contributed by atoms with Crippen molar-refractivity contribution in [2.75, 3.05) is 6.61 Å². The van der Waals surface area contributed by atoms with Crippen LogP contribution in [0.1, 0.15) is 43.4 Å². The van der Waals surface area contributed by atoms with E-state index in [2.05, 4.69) is 21.0 Å². The van der Waals surface area contributed by atoms with Gasteiger partial charge in [-0.3, -0.25) is 0 Å². The number of hydrogen-bond acceptors (Lipinski definition) is 5. The molecule has 2 heterocycles. The number of aryl methyl sites for hydroxylation is 1. The summed E-state index contributed by atoms with van der Waals surface area (Å²) in [6.45, 7) is -0.106. The first-order chi connectivity index (χ1) is 13.1. The van der Waals surface area contributed by atoms with Gasteiger partial charge in [-0.2, -0.15) is 14.0 Å². The van der Waals surface area contributed by atoms with Crippen molar-refractivity contribution in [3.63, 3.8) is 0 Å². The van der Waals surface area contributed by atoms with Gasteiger partial charge in [0.25, 0.3) is 0 Å². The lowest BCUT2D eigenvalue weighted by atomic mass is 10.1. The van der Waals surface area contributed by atoms with Crippen LogP contribution in [0.3, 0.4) is 0 Å². The van der Waals surface area contributed by atoms with E-state index in [1.807, 2.05) is 4.57 Å². The molecule has 142 valence electrons. The van der Waals surface area contributed by atoms with Gasteiger partial charge < -0.3 is 14.0 Å². The zero-order valence-electron chi connectivity index (χ0n) is 15.0. The van der Waals surface area contributed by atoms with E-state index in [4.69, 9.17) is 4.74 Å². The summed E-state index contributed by atoms with van der Waals surface area (Å²) in [5, 5.41) is 18.0. The SMILES string of the molecule is CCOc1cc(/C=C(\C#N)c2nnc3n2CCCCC3)ccc1OC(F)F. The third kappa shape index (κ3) is 4.42. The highest BCUT2D eigenvalue weighted by atomic mass is 19.3. The predicted molar refractivity (Wildman–Crippen MR) is 95.3 cm³/mol. The Morgan fingerprint density at radius 3 is 2.89 bits per heavy atom. The van der Waals surface area contributed by atoms with Crippen molar-refractivity contribution < 1.29 is 18.3 Å². The van der Waals surface area contributed by atoms with Crippen molar-refractivity contribution >= 4 is 11.6 Å². The second-order valence-electron chi connectivity index (χ2n) is 6.09. The normalized spacial score (nSPS) is 14.4. The third-order valence-electron chi connectivity index (χ3n) is 4.27. The number of rotatable bonds is 6. The van der Waals surface area contributed by atoms with E-state index in [9.17, 15) is 14.0 Å². The summed E-state index contributed by atoms with van der Waals surface area (Å²) in [4.78, 5) is 0. The smallest absolute Gasteiger partial charge is 0.387 e. The average molecular weight is 374 g/mol. The van der Waals surface area contributed by atoms with Crippen LogP contribution in [0.5, 0.6) is 11.5 Å². The molecule has 0 atom stereocenters. The van der Waals surface area contributed by atoms with E-state index in [1.54, 1.807) is 25.1 Å². The highest BCUT2D eigenvalue weighted by Crippen LogP contribution is 2.31. The molecule has 0 aliphatic carbocycles. The minimum atomic E-state index is -2.94. The first-order valence-corrected chi connectivity index (χ1v) is 8.88. The van der Waals surface area contributed by atoms with Crippen LogP contribution in [0.25, 0.3) is 11.6 Å². The van der Waals surface area contributed by atoms with Crippen molar-refractivity contribution in [2.45, 2.75) is 45.8 Å². The van der Waals surface area contributed by atoms with Gasteiger partial charge in [-0.1, -0.05) is 12.5 Å². The van der Waals surface area contributed by atoms with E-state index in [-0.39, 0.29) is 11.5 Å². The summed E-state index contributed by atoms with van der Waals surface area (Å²) in [7, 11) is 0. The van der Waals surface area contributed by atoms with Crippen LogP contribution >= 0.6 is 0 Å². The summed E-state index contributed by atoms with van der Waals surface area (Å²) in [6.07, 6.45) is 5.70. The predicted octanol–water partition coefficient (Wildman–Crippen LogP) is 4.07. The molecular formula is C19H20F2N4O2. The van der Waals surface area contributed by atoms with E-state index in [1.165, 1.54) is 6.07 Å². The van der Waals surface area contributed by atoms with Crippen LogP contribution in [0, 0.1) is 11.3 Å². The number of fused-ring (bicyclic) bond motifs is 1. The molecule has 3 rings (SSSR count). The van der Waals surface area contributed by atoms with E-state index in [0.29, 0.717) is 23.6 Å². The van der Waals surface area contributed by atoms with Crippen molar-refractivity contribution in [3.8, 4) is 17.6 Å². The van der Waals surface area contributed by atoms with Crippen LogP contribution in [0.2, 0.25) is 0 Å². The molecule has 27 heavy (non-hydrogen) atoms. The molecule has 0 saturated heterocycles. The summed E-state index contributed by atoms with van der Waals surface area (Å²) in [5.41, 5.74) is 0.989. The number of halogens is 2. The molecular weight excluding hydrogens is 354 g/mol. The lowest BCUT2D eigenvalue weighted by Crippen LogP contribution is -2.05. The first-order valence-electron chi connectivity index (χ1n) is 8.88. The molecule has 0 bridgehead atoms. The number of nitriles is 1. The van der Waals surface area contributed by atoms with Crippen LogP contribution in [0.4, 0.5) is 8.78 Å². The standard InChI is InChI=1S/C19H20F2N4O2/c1-2-26-16-11-13(7-8-15(16)27-19(20)21)10-14(12-22)18-24-23-17-6-4-3-5-9-25(17)18/h7-8,10-11,19H,2-6,9H2,1H3/b14-10+. The fraction of sp³-hybridized carbons (Fsp3) is 0.421. The number of alkyl halides is 2. The van der Waals surface area contributed by atoms with Crippen LogP contribution in [-0.4, -0.2) is 28.0 Å². The summed E-state index contributed by atoms with van der Waals surface area (Å²) < 4.78 is 36.9. The topological polar surface area (TPSA) is 73.0 Å². The maximum absolute atomic E-state index is 12.5. The Hall–Kier alpha value is -2.95. The summed E-state index contributed by atoms with van der Waals surface area (Å²) >= 11 is 0. The largest absolute Gasteiger partial charge is 0.490 e. The zero-order chi connectivity index (χ0) is 19.2. The van der Waals surface area contributed by atoms with E-state index < -0.39 is 6.61 Å². The van der Waals surface area contributed by atoms with Gasteiger partial charge >= 0.3 is 6.61 Å². The van der Waals surface area contributed by atoms with Gasteiger partial charge in [-0.05, 0) is 43.5 Å². The van der Waals surface area contributed by atoms with Crippen molar-refractivity contribution in [1.82, 2.24) is 14.8 Å². The van der Waals surface area contributed by atoms with Crippen LogP contribution in [-0.2, 0) is 13.0 Å². The minimum Gasteiger partial charge on any atom is -0.490 e. The third-order valence-corrected chi connectivity index (χ3v) is 4.27. The second kappa shape index (κ2) is 8.62. The first kappa shape index (κ1) is 18.8. The Labute approximate surface area is 156 Å².